The highest BCUT2D eigenvalue weighted by Gasteiger charge is 2.07. The summed E-state index contributed by atoms with van der Waals surface area (Å²) in [5, 5.41) is 0.659. The number of hydrogen-bond donors (Lipinski definition) is 0. The molecule has 25 heavy (non-hydrogen) atoms. The van der Waals surface area contributed by atoms with E-state index in [1.54, 1.807) is 0 Å². The lowest BCUT2D eigenvalue weighted by atomic mass is 10.0. The van der Waals surface area contributed by atoms with E-state index in [-0.39, 0.29) is 0 Å². The lowest BCUT2D eigenvalue weighted by Crippen LogP contribution is -1.95. The molecule has 3 nitrogen and oxygen atoms in total. The van der Waals surface area contributed by atoms with Gasteiger partial charge < -0.3 is 0 Å². The third-order valence-electron chi connectivity index (χ3n) is 3.90. The summed E-state index contributed by atoms with van der Waals surface area (Å²) in [7, 11) is 0. The Morgan fingerprint density at radius 1 is 0.560 bits per heavy atom. The summed E-state index contributed by atoms with van der Waals surface area (Å²) >= 11 is 6.06. The summed E-state index contributed by atoms with van der Waals surface area (Å²) in [4.78, 5) is 13.1. The van der Waals surface area contributed by atoms with Crippen LogP contribution in [0.2, 0.25) is 5.02 Å². The third kappa shape index (κ3) is 3.42. The van der Waals surface area contributed by atoms with E-state index in [1.165, 1.54) is 11.9 Å². The normalized spacial score (nSPS) is 10.6. The van der Waals surface area contributed by atoms with Crippen LogP contribution in [0, 0.1) is 0 Å². The van der Waals surface area contributed by atoms with E-state index in [9.17, 15) is 0 Å². The van der Waals surface area contributed by atoms with E-state index in [4.69, 9.17) is 11.6 Å². The summed E-state index contributed by atoms with van der Waals surface area (Å²) in [5.41, 5.74) is 4.17. The molecule has 4 aromatic rings. The van der Waals surface area contributed by atoms with Crippen LogP contribution in [0.4, 0.5) is 0 Å². The Balaban J connectivity index is 1.67. The van der Waals surface area contributed by atoms with Crippen molar-refractivity contribution in [2.24, 2.45) is 0 Å². The molecule has 0 bridgehead atoms. The first-order chi connectivity index (χ1) is 12.3. The zero-order chi connectivity index (χ0) is 17.1. The van der Waals surface area contributed by atoms with Crippen LogP contribution in [0.1, 0.15) is 0 Å². The summed E-state index contributed by atoms with van der Waals surface area (Å²) in [6, 6.07) is 26.0. The van der Waals surface area contributed by atoms with Crippen molar-refractivity contribution in [2.45, 2.75) is 0 Å². The molecule has 0 N–H and O–H groups in total. The number of rotatable bonds is 3. The fourth-order valence-electron chi connectivity index (χ4n) is 2.64. The molecule has 4 heteroatoms. The molecule has 0 amide bonds. The molecule has 0 aliphatic heterocycles. The number of halogens is 1. The summed E-state index contributed by atoms with van der Waals surface area (Å²) in [5.74, 6) is 1.25. The van der Waals surface area contributed by atoms with Gasteiger partial charge in [-0.1, -0.05) is 78.3 Å². The summed E-state index contributed by atoms with van der Waals surface area (Å²) in [6.45, 7) is 0. The number of benzene rings is 3. The van der Waals surface area contributed by atoms with Crippen LogP contribution in [0.15, 0.2) is 85.2 Å². The fourth-order valence-corrected chi connectivity index (χ4v) is 2.83. The van der Waals surface area contributed by atoms with Gasteiger partial charge in [-0.15, -0.1) is 0 Å². The van der Waals surface area contributed by atoms with E-state index in [2.05, 4.69) is 39.2 Å². The van der Waals surface area contributed by atoms with Crippen molar-refractivity contribution in [3.05, 3.63) is 90.2 Å². The highest BCUT2D eigenvalue weighted by molar-refractivity contribution is 6.30. The maximum absolute atomic E-state index is 6.06. The van der Waals surface area contributed by atoms with Crippen LogP contribution in [-0.2, 0) is 0 Å². The first kappa shape index (κ1) is 15.5. The van der Waals surface area contributed by atoms with Crippen LogP contribution in [0.25, 0.3) is 33.9 Å². The van der Waals surface area contributed by atoms with Gasteiger partial charge in [-0.25, -0.2) is 15.0 Å². The van der Waals surface area contributed by atoms with Crippen molar-refractivity contribution < 1.29 is 0 Å². The summed E-state index contributed by atoms with van der Waals surface area (Å²) < 4.78 is 0. The van der Waals surface area contributed by atoms with Gasteiger partial charge in [-0.05, 0) is 23.3 Å². The Hall–Kier alpha value is -3.04. The highest BCUT2D eigenvalue weighted by Crippen LogP contribution is 2.24. The van der Waals surface area contributed by atoms with Gasteiger partial charge in [-0.3, -0.25) is 0 Å². The minimum absolute atomic E-state index is 0.611. The topological polar surface area (TPSA) is 38.7 Å². The van der Waals surface area contributed by atoms with Gasteiger partial charge in [0.25, 0.3) is 0 Å². The van der Waals surface area contributed by atoms with Crippen molar-refractivity contribution in [1.29, 1.82) is 0 Å². The molecule has 0 saturated heterocycles. The van der Waals surface area contributed by atoms with Crippen LogP contribution in [0.5, 0.6) is 0 Å². The molecular formula is C21H14ClN3. The van der Waals surface area contributed by atoms with Gasteiger partial charge in [0.2, 0.25) is 0 Å². The third-order valence-corrected chi connectivity index (χ3v) is 4.14. The highest BCUT2D eigenvalue weighted by atomic mass is 35.5. The smallest absolute Gasteiger partial charge is 0.163 e. The largest absolute Gasteiger partial charge is 0.217 e. The van der Waals surface area contributed by atoms with Crippen LogP contribution < -0.4 is 0 Å². The Kier molecular flexibility index (Phi) is 4.23. The van der Waals surface area contributed by atoms with Crippen molar-refractivity contribution >= 4 is 11.6 Å². The quantitative estimate of drug-likeness (QED) is 0.491. The van der Waals surface area contributed by atoms with E-state index >= 15 is 0 Å². The van der Waals surface area contributed by atoms with Gasteiger partial charge in [-0.2, -0.15) is 0 Å². The van der Waals surface area contributed by atoms with Crippen molar-refractivity contribution in [3.8, 4) is 33.9 Å². The molecule has 120 valence electrons. The van der Waals surface area contributed by atoms with E-state index in [0.29, 0.717) is 16.7 Å². The lowest BCUT2D eigenvalue weighted by molar-refractivity contribution is 1.07. The standard InChI is InChI=1S/C21H14ClN3/c22-19-8-4-7-18(13-19)21-24-14-23-20(25-21)17-11-9-16(10-12-17)15-5-2-1-3-6-15/h1-14H. The van der Waals surface area contributed by atoms with Gasteiger partial charge in [0.05, 0.1) is 0 Å². The van der Waals surface area contributed by atoms with Crippen LogP contribution >= 0.6 is 11.6 Å². The summed E-state index contributed by atoms with van der Waals surface area (Å²) in [6.07, 6.45) is 1.53. The second-order valence-corrected chi connectivity index (χ2v) is 6.02. The monoisotopic (exact) mass is 343 g/mol. The molecule has 0 spiro atoms. The van der Waals surface area contributed by atoms with E-state index in [1.807, 2.05) is 54.6 Å². The van der Waals surface area contributed by atoms with Crippen LogP contribution in [0.3, 0.4) is 0 Å². The predicted molar refractivity (Wildman–Crippen MR) is 101 cm³/mol. The maximum Gasteiger partial charge on any atom is 0.163 e. The molecule has 0 radical (unpaired) electrons. The molecular weight excluding hydrogens is 330 g/mol. The average molecular weight is 344 g/mol. The van der Waals surface area contributed by atoms with Gasteiger partial charge in [0.1, 0.15) is 6.33 Å². The molecule has 1 heterocycles. The molecule has 0 saturated carbocycles. The van der Waals surface area contributed by atoms with Gasteiger partial charge >= 0.3 is 0 Å². The number of nitrogens with zero attached hydrogens (tertiary/aromatic N) is 3. The zero-order valence-electron chi connectivity index (χ0n) is 13.3. The SMILES string of the molecule is Clc1cccc(-c2ncnc(-c3ccc(-c4ccccc4)cc3)n2)c1. The molecule has 0 atom stereocenters. The minimum atomic E-state index is 0.611. The van der Waals surface area contributed by atoms with Gasteiger partial charge in [0, 0.05) is 16.1 Å². The molecule has 0 aliphatic carbocycles. The fraction of sp³-hybridized carbons (Fsp3) is 0. The molecule has 3 aromatic carbocycles. The molecule has 0 aliphatic rings. The van der Waals surface area contributed by atoms with Crippen LogP contribution in [-0.4, -0.2) is 15.0 Å². The zero-order valence-corrected chi connectivity index (χ0v) is 14.1. The molecule has 1 aromatic heterocycles. The first-order valence-corrected chi connectivity index (χ1v) is 8.28. The Labute approximate surface area is 151 Å². The number of hydrogen-bond acceptors (Lipinski definition) is 3. The lowest BCUT2D eigenvalue weighted by Gasteiger charge is -2.05. The van der Waals surface area contributed by atoms with E-state index < -0.39 is 0 Å². The predicted octanol–water partition coefficient (Wildman–Crippen LogP) is 5.53. The molecule has 4 rings (SSSR count). The second-order valence-electron chi connectivity index (χ2n) is 5.59. The molecule has 0 fully saturated rings. The molecule has 0 unspecified atom stereocenters. The van der Waals surface area contributed by atoms with Crippen molar-refractivity contribution in [1.82, 2.24) is 15.0 Å². The average Bonchev–Trinajstić information content (AvgIpc) is 2.69. The number of aromatic nitrogens is 3. The Morgan fingerprint density at radius 3 is 1.88 bits per heavy atom. The minimum Gasteiger partial charge on any atom is -0.217 e. The first-order valence-electron chi connectivity index (χ1n) is 7.90. The second kappa shape index (κ2) is 6.83. The Bertz CT molecular complexity index is 999. The maximum atomic E-state index is 6.06. The Morgan fingerprint density at radius 2 is 1.16 bits per heavy atom. The van der Waals surface area contributed by atoms with E-state index in [0.717, 1.165) is 16.7 Å². The van der Waals surface area contributed by atoms with Crippen molar-refractivity contribution in [3.63, 3.8) is 0 Å². The van der Waals surface area contributed by atoms with Crippen molar-refractivity contribution in [2.75, 3.05) is 0 Å². The van der Waals surface area contributed by atoms with Gasteiger partial charge in [0.15, 0.2) is 11.6 Å².